The molecule has 2 aromatic carbocycles. The standard InChI is InChI=1S/C24H22N2O3/c1-26-15-20(18-13-8-14-19(18)24(26)29)23(28)25-21(16-9-4-2-5-10-16)22(27)17-11-6-3-7-12-17/h2-13,15,21-22,27H,14H2,1H3,(H,25,28)/t21-,22+/m1/s1. The Morgan fingerprint density at radius 2 is 1.66 bits per heavy atom. The van der Waals surface area contributed by atoms with Gasteiger partial charge in [0.05, 0.1) is 11.6 Å². The zero-order valence-electron chi connectivity index (χ0n) is 16.1. The van der Waals surface area contributed by atoms with Crippen molar-refractivity contribution in [3.05, 3.63) is 111 Å². The molecule has 5 heteroatoms. The predicted octanol–water partition coefficient (Wildman–Crippen LogP) is 3.16. The van der Waals surface area contributed by atoms with Crippen LogP contribution in [-0.2, 0) is 13.5 Å². The molecule has 0 fully saturated rings. The van der Waals surface area contributed by atoms with Gasteiger partial charge in [-0.3, -0.25) is 9.59 Å². The molecule has 146 valence electrons. The molecule has 0 unspecified atom stereocenters. The summed E-state index contributed by atoms with van der Waals surface area (Å²) in [6.07, 6.45) is 4.87. The van der Waals surface area contributed by atoms with E-state index < -0.39 is 12.1 Å². The normalized spacial score (nSPS) is 14.3. The summed E-state index contributed by atoms with van der Waals surface area (Å²) >= 11 is 0. The van der Waals surface area contributed by atoms with E-state index in [4.69, 9.17) is 0 Å². The van der Waals surface area contributed by atoms with Gasteiger partial charge in [-0.25, -0.2) is 0 Å². The number of carbonyl (C=O) groups excluding carboxylic acids is 1. The molecule has 1 aliphatic carbocycles. The molecule has 1 amide bonds. The van der Waals surface area contributed by atoms with Crippen LogP contribution in [0.5, 0.6) is 0 Å². The van der Waals surface area contributed by atoms with Gasteiger partial charge < -0.3 is 15.0 Å². The molecular weight excluding hydrogens is 364 g/mol. The Labute approximate surface area is 169 Å². The molecule has 0 spiro atoms. The maximum Gasteiger partial charge on any atom is 0.254 e. The first-order valence-corrected chi connectivity index (χ1v) is 9.54. The number of allylic oxidation sites excluding steroid dienone is 1. The molecule has 1 heterocycles. The molecule has 1 aliphatic rings. The number of hydrogen-bond acceptors (Lipinski definition) is 3. The number of carbonyl (C=O) groups is 1. The van der Waals surface area contributed by atoms with Crippen LogP contribution in [0.15, 0.2) is 77.7 Å². The minimum atomic E-state index is -0.918. The monoisotopic (exact) mass is 386 g/mol. The minimum absolute atomic E-state index is 0.0921. The third kappa shape index (κ3) is 3.65. The number of fused-ring (bicyclic) bond motifs is 1. The van der Waals surface area contributed by atoms with Crippen LogP contribution in [0.3, 0.4) is 0 Å². The smallest absolute Gasteiger partial charge is 0.254 e. The highest BCUT2D eigenvalue weighted by Gasteiger charge is 2.27. The van der Waals surface area contributed by atoms with Gasteiger partial charge in [-0.1, -0.05) is 72.8 Å². The van der Waals surface area contributed by atoms with E-state index in [1.807, 2.05) is 72.8 Å². The first-order valence-electron chi connectivity index (χ1n) is 9.54. The molecule has 4 rings (SSSR count). The highest BCUT2D eigenvalue weighted by molar-refractivity contribution is 5.98. The van der Waals surface area contributed by atoms with Gasteiger partial charge in [0.2, 0.25) is 0 Å². The third-order valence-electron chi connectivity index (χ3n) is 5.27. The van der Waals surface area contributed by atoms with Crippen LogP contribution in [0.4, 0.5) is 0 Å². The van der Waals surface area contributed by atoms with Crippen LogP contribution >= 0.6 is 0 Å². The van der Waals surface area contributed by atoms with Crippen molar-refractivity contribution in [2.45, 2.75) is 18.6 Å². The fourth-order valence-corrected chi connectivity index (χ4v) is 3.74. The number of aryl methyl sites for hydroxylation is 1. The summed E-state index contributed by atoms with van der Waals surface area (Å²) in [5, 5.41) is 14.0. The maximum absolute atomic E-state index is 13.2. The van der Waals surface area contributed by atoms with Crippen molar-refractivity contribution in [3.8, 4) is 0 Å². The number of rotatable bonds is 5. The molecular formula is C24H22N2O3. The molecule has 2 atom stereocenters. The van der Waals surface area contributed by atoms with E-state index in [2.05, 4.69) is 5.32 Å². The van der Waals surface area contributed by atoms with Gasteiger partial charge in [-0.05, 0) is 23.1 Å². The van der Waals surface area contributed by atoms with E-state index in [0.717, 1.165) is 5.56 Å². The molecule has 0 saturated heterocycles. The largest absolute Gasteiger partial charge is 0.386 e. The van der Waals surface area contributed by atoms with Crippen LogP contribution < -0.4 is 10.9 Å². The molecule has 3 aromatic rings. The first-order chi connectivity index (χ1) is 14.1. The molecule has 0 bridgehead atoms. The Morgan fingerprint density at radius 1 is 1.03 bits per heavy atom. The lowest BCUT2D eigenvalue weighted by atomic mass is 9.95. The van der Waals surface area contributed by atoms with Gasteiger partial charge in [-0.2, -0.15) is 0 Å². The zero-order chi connectivity index (χ0) is 20.4. The maximum atomic E-state index is 13.2. The fraction of sp³-hybridized carbons (Fsp3) is 0.167. The molecule has 1 aromatic heterocycles. The second-order valence-corrected chi connectivity index (χ2v) is 7.17. The van der Waals surface area contributed by atoms with Crippen molar-refractivity contribution in [1.82, 2.24) is 9.88 Å². The van der Waals surface area contributed by atoms with Crippen molar-refractivity contribution in [3.63, 3.8) is 0 Å². The third-order valence-corrected chi connectivity index (χ3v) is 5.27. The van der Waals surface area contributed by atoms with Gasteiger partial charge in [0.15, 0.2) is 0 Å². The fourth-order valence-electron chi connectivity index (χ4n) is 3.74. The summed E-state index contributed by atoms with van der Waals surface area (Å²) in [5.74, 6) is -0.327. The lowest BCUT2D eigenvalue weighted by Gasteiger charge is -2.25. The summed E-state index contributed by atoms with van der Waals surface area (Å²) in [7, 11) is 1.64. The first kappa shape index (κ1) is 18.9. The van der Waals surface area contributed by atoms with E-state index in [-0.39, 0.29) is 11.5 Å². The lowest BCUT2D eigenvalue weighted by molar-refractivity contribution is 0.0830. The Kier molecular flexibility index (Phi) is 5.14. The average molecular weight is 386 g/mol. The molecule has 0 saturated carbocycles. The number of aliphatic hydroxyl groups excluding tert-OH is 1. The van der Waals surface area contributed by atoms with Crippen molar-refractivity contribution >= 4 is 12.0 Å². The molecule has 5 nitrogen and oxygen atoms in total. The topological polar surface area (TPSA) is 71.3 Å². The summed E-state index contributed by atoms with van der Waals surface area (Å²) in [6.45, 7) is 0. The second kappa shape index (κ2) is 7.89. The quantitative estimate of drug-likeness (QED) is 0.708. The van der Waals surface area contributed by atoms with Crippen LogP contribution in [0.2, 0.25) is 0 Å². The van der Waals surface area contributed by atoms with E-state index in [0.29, 0.717) is 28.7 Å². The van der Waals surface area contributed by atoms with Gasteiger partial charge in [0.1, 0.15) is 6.10 Å². The lowest BCUT2D eigenvalue weighted by Crippen LogP contribution is -2.34. The van der Waals surface area contributed by atoms with Crippen molar-refractivity contribution in [2.75, 3.05) is 0 Å². The van der Waals surface area contributed by atoms with Gasteiger partial charge >= 0.3 is 0 Å². The number of aliphatic hydroxyl groups is 1. The van der Waals surface area contributed by atoms with Crippen LogP contribution in [0.25, 0.3) is 6.08 Å². The van der Waals surface area contributed by atoms with Crippen molar-refractivity contribution in [2.24, 2.45) is 7.05 Å². The number of hydrogen-bond donors (Lipinski definition) is 2. The average Bonchev–Trinajstić information content (AvgIpc) is 3.25. The zero-order valence-corrected chi connectivity index (χ0v) is 16.1. The summed E-state index contributed by atoms with van der Waals surface area (Å²) in [6, 6.07) is 18.0. The second-order valence-electron chi connectivity index (χ2n) is 7.17. The molecule has 0 radical (unpaired) electrons. The number of nitrogens with one attached hydrogen (secondary N) is 1. The van der Waals surface area contributed by atoms with Crippen LogP contribution in [0.1, 0.15) is 44.8 Å². The summed E-state index contributed by atoms with van der Waals surface area (Å²) in [4.78, 5) is 25.5. The van der Waals surface area contributed by atoms with Gasteiger partial charge in [0.25, 0.3) is 11.5 Å². The number of aromatic nitrogens is 1. The highest BCUT2D eigenvalue weighted by atomic mass is 16.3. The minimum Gasteiger partial charge on any atom is -0.386 e. The van der Waals surface area contributed by atoms with E-state index in [9.17, 15) is 14.7 Å². The van der Waals surface area contributed by atoms with Gasteiger partial charge in [-0.15, -0.1) is 0 Å². The van der Waals surface area contributed by atoms with Crippen LogP contribution in [-0.4, -0.2) is 15.6 Å². The summed E-state index contributed by atoms with van der Waals surface area (Å²) < 4.78 is 1.44. The van der Waals surface area contributed by atoms with Crippen LogP contribution in [0, 0.1) is 0 Å². The van der Waals surface area contributed by atoms with Gasteiger partial charge in [0, 0.05) is 18.8 Å². The Morgan fingerprint density at radius 3 is 2.31 bits per heavy atom. The Bertz CT molecular complexity index is 1120. The molecule has 29 heavy (non-hydrogen) atoms. The molecule has 2 N–H and O–H groups in total. The SMILES string of the molecule is Cn1cc(C(=O)N[C@H](c2ccccc2)[C@@H](O)c2ccccc2)c2c(c1=O)CC=C2. The number of benzene rings is 2. The van der Waals surface area contributed by atoms with Crippen molar-refractivity contribution in [1.29, 1.82) is 0 Å². The number of nitrogens with zero attached hydrogens (tertiary/aromatic N) is 1. The van der Waals surface area contributed by atoms with E-state index in [1.165, 1.54) is 4.57 Å². The van der Waals surface area contributed by atoms with E-state index in [1.54, 1.807) is 13.2 Å². The highest BCUT2D eigenvalue weighted by Crippen LogP contribution is 2.30. The Hall–Kier alpha value is -3.44. The van der Waals surface area contributed by atoms with Crippen molar-refractivity contribution < 1.29 is 9.90 Å². The number of pyridine rings is 1. The number of amides is 1. The van der Waals surface area contributed by atoms with E-state index >= 15 is 0 Å². The molecule has 0 aliphatic heterocycles. The Balaban J connectivity index is 1.71. The summed E-state index contributed by atoms with van der Waals surface area (Å²) in [5.41, 5.74) is 3.13. The predicted molar refractivity (Wildman–Crippen MR) is 112 cm³/mol.